The van der Waals surface area contributed by atoms with Crippen LogP contribution in [0.25, 0.3) is 0 Å². The maximum Gasteiger partial charge on any atom is 0.317 e. The molecule has 0 saturated carbocycles. The first-order valence-corrected chi connectivity index (χ1v) is 7.98. The van der Waals surface area contributed by atoms with Gasteiger partial charge in [0, 0.05) is 43.8 Å². The average Bonchev–Trinajstić information content (AvgIpc) is 2.74. The normalized spacial score (nSPS) is 21.5. The van der Waals surface area contributed by atoms with Crippen LogP contribution in [0.3, 0.4) is 0 Å². The Bertz CT molecular complexity index is 576. The molecule has 0 bridgehead atoms. The van der Waals surface area contributed by atoms with E-state index >= 15 is 0 Å². The van der Waals surface area contributed by atoms with Crippen LogP contribution in [0.1, 0.15) is 24.0 Å². The molecule has 2 heterocycles. The van der Waals surface area contributed by atoms with E-state index in [0.29, 0.717) is 23.7 Å². The lowest BCUT2D eigenvalue weighted by atomic mass is 9.87. The van der Waals surface area contributed by atoms with Gasteiger partial charge in [-0.2, -0.15) is 0 Å². The van der Waals surface area contributed by atoms with Gasteiger partial charge in [-0.25, -0.2) is 9.18 Å². The first kappa shape index (κ1) is 15.6. The number of nitrogens with one attached hydrogen (secondary N) is 1. The van der Waals surface area contributed by atoms with Gasteiger partial charge in [-0.3, -0.25) is 4.90 Å². The Balaban J connectivity index is 1.67. The predicted octanol–water partition coefficient (Wildman–Crippen LogP) is 2.78. The summed E-state index contributed by atoms with van der Waals surface area (Å²) in [5, 5.41) is 3.40. The van der Waals surface area contributed by atoms with Crippen molar-refractivity contribution in [2.75, 3.05) is 26.7 Å². The minimum atomic E-state index is -0.236. The Hall–Kier alpha value is -1.33. The Kier molecular flexibility index (Phi) is 4.03. The summed E-state index contributed by atoms with van der Waals surface area (Å²) in [6.07, 6.45) is 1.79. The van der Waals surface area contributed by atoms with Crippen molar-refractivity contribution in [3.63, 3.8) is 0 Å². The van der Waals surface area contributed by atoms with Gasteiger partial charge in [-0.15, -0.1) is 0 Å². The van der Waals surface area contributed by atoms with Crippen molar-refractivity contribution in [2.45, 2.75) is 31.8 Å². The van der Waals surface area contributed by atoms with E-state index in [1.807, 2.05) is 18.9 Å². The minimum Gasteiger partial charge on any atom is -0.336 e. The van der Waals surface area contributed by atoms with Gasteiger partial charge in [0.25, 0.3) is 0 Å². The zero-order valence-electron chi connectivity index (χ0n) is 13.0. The summed E-state index contributed by atoms with van der Waals surface area (Å²) in [4.78, 5) is 15.7. The smallest absolute Gasteiger partial charge is 0.317 e. The van der Waals surface area contributed by atoms with Crippen LogP contribution >= 0.6 is 11.6 Å². The van der Waals surface area contributed by atoms with E-state index in [0.717, 1.165) is 31.5 Å². The number of halogens is 2. The van der Waals surface area contributed by atoms with Crippen molar-refractivity contribution in [2.24, 2.45) is 0 Å². The number of hydrogen-bond acceptors (Lipinski definition) is 2. The second kappa shape index (κ2) is 5.70. The molecule has 22 heavy (non-hydrogen) atoms. The van der Waals surface area contributed by atoms with Gasteiger partial charge in [-0.1, -0.05) is 11.6 Å². The molecule has 1 N–H and O–H groups in total. The molecule has 0 aromatic heterocycles. The van der Waals surface area contributed by atoms with Crippen LogP contribution in [0.5, 0.6) is 0 Å². The van der Waals surface area contributed by atoms with E-state index in [1.165, 1.54) is 6.07 Å². The summed E-state index contributed by atoms with van der Waals surface area (Å²) in [5.74, 6) is -0.236. The van der Waals surface area contributed by atoms with Crippen molar-refractivity contribution >= 4 is 17.6 Å². The van der Waals surface area contributed by atoms with E-state index in [9.17, 15) is 9.18 Å². The summed E-state index contributed by atoms with van der Waals surface area (Å²) in [7, 11) is 1.86. The van der Waals surface area contributed by atoms with Crippen LogP contribution in [0.2, 0.25) is 5.02 Å². The molecule has 1 spiro atoms. The second-order valence-corrected chi connectivity index (χ2v) is 6.83. The zero-order valence-corrected chi connectivity index (χ0v) is 13.7. The van der Waals surface area contributed by atoms with Crippen LogP contribution in [0, 0.1) is 12.7 Å². The molecule has 6 heteroatoms. The first-order chi connectivity index (χ1) is 10.4. The molecule has 0 aliphatic carbocycles. The number of likely N-dealkylation sites (N-methyl/N-ethyl adjacent to an activating group) is 1. The third kappa shape index (κ3) is 2.68. The standard InChI is InChI=1S/C16H21ClFN3O/c1-11-7-13(17)12(14(18)8-11)9-21-5-3-16(4-6-21)10-19-15(22)20(16)2/h7-8H,3-6,9-10H2,1-2H3,(H,19,22). The van der Waals surface area contributed by atoms with Gasteiger partial charge in [0.1, 0.15) is 5.82 Å². The summed E-state index contributed by atoms with van der Waals surface area (Å²) in [6, 6.07) is 3.33. The number of hydrogen-bond donors (Lipinski definition) is 1. The van der Waals surface area contributed by atoms with Gasteiger partial charge in [-0.05, 0) is 37.5 Å². The lowest BCUT2D eigenvalue weighted by molar-refractivity contribution is 0.0865. The van der Waals surface area contributed by atoms with Crippen LogP contribution in [-0.2, 0) is 6.54 Å². The molecule has 2 saturated heterocycles. The number of benzene rings is 1. The quantitative estimate of drug-likeness (QED) is 0.907. The number of urea groups is 1. The number of carbonyl (C=O) groups is 1. The van der Waals surface area contributed by atoms with Crippen molar-refractivity contribution in [3.8, 4) is 0 Å². The Morgan fingerprint density at radius 1 is 1.36 bits per heavy atom. The summed E-state index contributed by atoms with van der Waals surface area (Å²) in [6.45, 7) is 4.73. The molecular formula is C16H21ClFN3O. The van der Waals surface area contributed by atoms with E-state index < -0.39 is 0 Å². The average molecular weight is 326 g/mol. The molecule has 2 amide bonds. The molecule has 1 aromatic carbocycles. The predicted molar refractivity (Wildman–Crippen MR) is 84.6 cm³/mol. The van der Waals surface area contributed by atoms with Crippen LogP contribution in [-0.4, -0.2) is 48.1 Å². The largest absolute Gasteiger partial charge is 0.336 e. The van der Waals surface area contributed by atoms with Gasteiger partial charge < -0.3 is 10.2 Å². The van der Waals surface area contributed by atoms with Crippen molar-refractivity contribution in [1.82, 2.24) is 15.1 Å². The molecule has 4 nitrogen and oxygen atoms in total. The second-order valence-electron chi connectivity index (χ2n) is 6.43. The van der Waals surface area contributed by atoms with Gasteiger partial charge in [0.2, 0.25) is 0 Å². The number of rotatable bonds is 2. The number of aryl methyl sites for hydroxylation is 1. The monoisotopic (exact) mass is 325 g/mol. The molecule has 120 valence electrons. The fourth-order valence-corrected chi connectivity index (χ4v) is 3.76. The van der Waals surface area contributed by atoms with E-state index in [2.05, 4.69) is 10.2 Å². The molecule has 2 aliphatic heterocycles. The third-order valence-corrected chi connectivity index (χ3v) is 5.38. The molecule has 0 atom stereocenters. The van der Waals surface area contributed by atoms with Crippen molar-refractivity contribution in [3.05, 3.63) is 34.1 Å². The lowest BCUT2D eigenvalue weighted by Gasteiger charge is -2.42. The number of amides is 2. The maximum atomic E-state index is 14.1. The van der Waals surface area contributed by atoms with Crippen LogP contribution in [0.4, 0.5) is 9.18 Å². The van der Waals surface area contributed by atoms with Gasteiger partial charge >= 0.3 is 6.03 Å². The summed E-state index contributed by atoms with van der Waals surface area (Å²) < 4.78 is 14.1. The highest BCUT2D eigenvalue weighted by molar-refractivity contribution is 6.31. The van der Waals surface area contributed by atoms with Crippen molar-refractivity contribution in [1.29, 1.82) is 0 Å². The SMILES string of the molecule is Cc1cc(F)c(CN2CCC3(CC2)CNC(=O)N3C)c(Cl)c1. The molecule has 2 fully saturated rings. The molecule has 3 rings (SSSR count). The van der Waals surface area contributed by atoms with Gasteiger partial charge in [0.05, 0.1) is 5.54 Å². The molecule has 0 radical (unpaired) electrons. The van der Waals surface area contributed by atoms with Gasteiger partial charge in [0.15, 0.2) is 0 Å². The maximum absolute atomic E-state index is 14.1. The topological polar surface area (TPSA) is 35.6 Å². The molecule has 1 aromatic rings. The number of likely N-dealkylation sites (tertiary alicyclic amines) is 1. The highest BCUT2D eigenvalue weighted by Gasteiger charge is 2.45. The Labute approximate surface area is 135 Å². The highest BCUT2D eigenvalue weighted by Crippen LogP contribution is 2.32. The van der Waals surface area contributed by atoms with E-state index in [4.69, 9.17) is 11.6 Å². The number of nitrogens with zero attached hydrogens (tertiary/aromatic N) is 2. The van der Waals surface area contributed by atoms with E-state index in [1.54, 1.807) is 6.07 Å². The fourth-order valence-electron chi connectivity index (χ4n) is 3.44. The Morgan fingerprint density at radius 2 is 2.05 bits per heavy atom. The van der Waals surface area contributed by atoms with Crippen LogP contribution in [0.15, 0.2) is 12.1 Å². The lowest BCUT2D eigenvalue weighted by Crippen LogP contribution is -2.52. The third-order valence-electron chi connectivity index (χ3n) is 5.04. The van der Waals surface area contributed by atoms with E-state index in [-0.39, 0.29) is 17.4 Å². The summed E-state index contributed by atoms with van der Waals surface area (Å²) in [5.41, 5.74) is 1.32. The molecular weight excluding hydrogens is 305 g/mol. The minimum absolute atomic E-state index is 0.000994. The molecule has 2 aliphatic rings. The first-order valence-electron chi connectivity index (χ1n) is 7.60. The molecule has 0 unspecified atom stereocenters. The fraction of sp³-hybridized carbons (Fsp3) is 0.562. The summed E-state index contributed by atoms with van der Waals surface area (Å²) >= 11 is 6.19. The number of piperidine rings is 1. The highest BCUT2D eigenvalue weighted by atomic mass is 35.5. The van der Waals surface area contributed by atoms with Crippen molar-refractivity contribution < 1.29 is 9.18 Å². The zero-order chi connectivity index (χ0) is 15.9. The number of carbonyl (C=O) groups excluding carboxylic acids is 1. The van der Waals surface area contributed by atoms with Crippen LogP contribution < -0.4 is 5.32 Å². The Morgan fingerprint density at radius 3 is 2.59 bits per heavy atom.